The molecule has 2 rings (SSSR count). The summed E-state index contributed by atoms with van der Waals surface area (Å²) in [4.78, 5) is 20.2. The van der Waals surface area contributed by atoms with Crippen LogP contribution in [0.4, 0.5) is 5.82 Å². The average molecular weight is 403 g/mol. The SMILES string of the molecule is COc1ccc(O)c(C(=O)Nc2ncc(Br)nc2Br)c1. The number of rotatable bonds is 3. The Morgan fingerprint density at radius 3 is 2.80 bits per heavy atom. The molecule has 2 N–H and O–H groups in total. The molecule has 0 aliphatic carbocycles. The Kier molecular flexibility index (Phi) is 4.56. The van der Waals surface area contributed by atoms with Gasteiger partial charge in [-0.1, -0.05) is 0 Å². The average Bonchev–Trinajstić information content (AvgIpc) is 2.42. The van der Waals surface area contributed by atoms with Crippen molar-refractivity contribution in [2.24, 2.45) is 0 Å². The quantitative estimate of drug-likeness (QED) is 0.824. The molecule has 0 atom stereocenters. The first-order valence-corrected chi connectivity index (χ1v) is 6.96. The summed E-state index contributed by atoms with van der Waals surface area (Å²) >= 11 is 6.35. The lowest BCUT2D eigenvalue weighted by Crippen LogP contribution is -2.14. The van der Waals surface area contributed by atoms with Gasteiger partial charge in [-0.3, -0.25) is 4.79 Å². The van der Waals surface area contributed by atoms with Crippen LogP contribution in [0.3, 0.4) is 0 Å². The van der Waals surface area contributed by atoms with Crippen molar-refractivity contribution in [3.05, 3.63) is 39.2 Å². The molecule has 0 bridgehead atoms. The van der Waals surface area contributed by atoms with E-state index >= 15 is 0 Å². The van der Waals surface area contributed by atoms with Crippen molar-refractivity contribution in [3.8, 4) is 11.5 Å². The fourth-order valence-corrected chi connectivity index (χ4v) is 2.34. The fraction of sp³-hybridized carbons (Fsp3) is 0.0833. The molecule has 0 unspecified atom stereocenters. The third-order valence-electron chi connectivity index (χ3n) is 2.38. The first kappa shape index (κ1) is 14.7. The molecule has 1 amide bonds. The fourth-order valence-electron chi connectivity index (χ4n) is 1.43. The number of aromatic nitrogens is 2. The van der Waals surface area contributed by atoms with E-state index in [2.05, 4.69) is 47.1 Å². The maximum Gasteiger partial charge on any atom is 0.260 e. The van der Waals surface area contributed by atoms with E-state index in [0.717, 1.165) is 0 Å². The number of phenolic OH excluding ortho intramolecular Hbond substituents is 1. The first-order chi connectivity index (χ1) is 9.51. The number of nitrogens with zero attached hydrogens (tertiary/aromatic N) is 2. The van der Waals surface area contributed by atoms with Gasteiger partial charge in [-0.05, 0) is 50.1 Å². The zero-order valence-corrected chi connectivity index (χ0v) is 13.4. The molecule has 0 spiro atoms. The van der Waals surface area contributed by atoms with Crippen LogP contribution >= 0.6 is 31.9 Å². The molecule has 0 fully saturated rings. The van der Waals surface area contributed by atoms with Gasteiger partial charge in [-0.2, -0.15) is 0 Å². The smallest absolute Gasteiger partial charge is 0.260 e. The summed E-state index contributed by atoms with van der Waals surface area (Å²) in [6.07, 6.45) is 1.45. The molecular weight excluding hydrogens is 394 g/mol. The highest BCUT2D eigenvalue weighted by Crippen LogP contribution is 2.25. The number of carbonyl (C=O) groups excluding carboxylic acids is 1. The van der Waals surface area contributed by atoms with Crippen LogP contribution in [0, 0.1) is 0 Å². The van der Waals surface area contributed by atoms with Crippen LogP contribution in [-0.4, -0.2) is 28.1 Å². The normalized spacial score (nSPS) is 10.2. The summed E-state index contributed by atoms with van der Waals surface area (Å²) in [5.74, 6) is 0.0533. The van der Waals surface area contributed by atoms with Crippen LogP contribution in [0.2, 0.25) is 0 Å². The van der Waals surface area contributed by atoms with Crippen LogP contribution in [0.1, 0.15) is 10.4 Å². The van der Waals surface area contributed by atoms with Crippen LogP contribution in [-0.2, 0) is 0 Å². The van der Waals surface area contributed by atoms with Gasteiger partial charge in [0.2, 0.25) is 0 Å². The highest BCUT2D eigenvalue weighted by molar-refractivity contribution is 9.11. The van der Waals surface area contributed by atoms with Crippen LogP contribution in [0.25, 0.3) is 0 Å². The number of benzene rings is 1. The van der Waals surface area contributed by atoms with E-state index in [1.807, 2.05) is 0 Å². The Morgan fingerprint density at radius 1 is 1.40 bits per heavy atom. The first-order valence-electron chi connectivity index (χ1n) is 5.37. The van der Waals surface area contributed by atoms with Crippen molar-refractivity contribution in [2.75, 3.05) is 12.4 Å². The molecular formula is C12H9Br2N3O3. The molecule has 6 nitrogen and oxygen atoms in total. The van der Waals surface area contributed by atoms with Gasteiger partial charge in [0.05, 0.1) is 18.9 Å². The Balaban J connectivity index is 2.28. The Morgan fingerprint density at radius 2 is 2.15 bits per heavy atom. The third-order valence-corrected chi connectivity index (χ3v) is 3.32. The van der Waals surface area contributed by atoms with E-state index in [1.54, 1.807) is 6.07 Å². The number of ether oxygens (including phenoxy) is 1. The van der Waals surface area contributed by atoms with E-state index in [9.17, 15) is 9.90 Å². The highest BCUT2D eigenvalue weighted by Gasteiger charge is 2.15. The lowest BCUT2D eigenvalue weighted by molar-refractivity contribution is 0.102. The topological polar surface area (TPSA) is 84.3 Å². The van der Waals surface area contributed by atoms with Crippen molar-refractivity contribution in [3.63, 3.8) is 0 Å². The van der Waals surface area contributed by atoms with Crippen molar-refractivity contribution in [1.29, 1.82) is 0 Å². The van der Waals surface area contributed by atoms with E-state index in [4.69, 9.17) is 4.74 Å². The number of nitrogens with one attached hydrogen (secondary N) is 1. The van der Waals surface area contributed by atoms with Gasteiger partial charge < -0.3 is 15.2 Å². The number of aromatic hydroxyl groups is 1. The number of hydrogen-bond donors (Lipinski definition) is 2. The summed E-state index contributed by atoms with van der Waals surface area (Å²) in [6.45, 7) is 0. The minimum Gasteiger partial charge on any atom is -0.507 e. The molecule has 2 aromatic rings. The lowest BCUT2D eigenvalue weighted by atomic mass is 10.2. The summed E-state index contributed by atoms with van der Waals surface area (Å²) in [6, 6.07) is 4.38. The van der Waals surface area contributed by atoms with Gasteiger partial charge in [-0.25, -0.2) is 9.97 Å². The van der Waals surface area contributed by atoms with Crippen LogP contribution in [0.5, 0.6) is 11.5 Å². The number of amides is 1. The summed E-state index contributed by atoms with van der Waals surface area (Å²) in [7, 11) is 1.48. The summed E-state index contributed by atoms with van der Waals surface area (Å²) in [5, 5.41) is 12.3. The van der Waals surface area contributed by atoms with E-state index in [1.165, 1.54) is 25.4 Å². The van der Waals surface area contributed by atoms with Crippen molar-refractivity contribution < 1.29 is 14.6 Å². The molecule has 0 saturated carbocycles. The summed E-state index contributed by atoms with van der Waals surface area (Å²) < 4.78 is 5.93. The molecule has 20 heavy (non-hydrogen) atoms. The predicted octanol–water partition coefficient (Wildman–Crippen LogP) is 2.97. The predicted molar refractivity (Wildman–Crippen MR) is 80.0 cm³/mol. The zero-order valence-electron chi connectivity index (χ0n) is 10.2. The molecule has 104 valence electrons. The number of anilines is 1. The van der Waals surface area contributed by atoms with Gasteiger partial charge in [-0.15, -0.1) is 0 Å². The number of methoxy groups -OCH3 is 1. The Labute approximate surface area is 131 Å². The Bertz CT molecular complexity index is 664. The van der Waals surface area contributed by atoms with Crippen molar-refractivity contribution in [2.45, 2.75) is 0 Å². The molecule has 1 aromatic carbocycles. The van der Waals surface area contributed by atoms with Gasteiger partial charge in [0.1, 0.15) is 20.7 Å². The monoisotopic (exact) mass is 401 g/mol. The molecule has 0 aliphatic heterocycles. The maximum atomic E-state index is 12.1. The van der Waals surface area contributed by atoms with Crippen LogP contribution in [0.15, 0.2) is 33.6 Å². The minimum absolute atomic E-state index is 0.0842. The number of halogens is 2. The van der Waals surface area contributed by atoms with E-state index < -0.39 is 5.91 Å². The molecule has 0 radical (unpaired) electrons. The van der Waals surface area contributed by atoms with Crippen molar-refractivity contribution >= 4 is 43.6 Å². The van der Waals surface area contributed by atoms with Crippen LogP contribution < -0.4 is 10.1 Å². The molecule has 1 aromatic heterocycles. The van der Waals surface area contributed by atoms with Crippen molar-refractivity contribution in [1.82, 2.24) is 9.97 Å². The minimum atomic E-state index is -0.515. The highest BCUT2D eigenvalue weighted by atomic mass is 79.9. The second kappa shape index (κ2) is 6.19. The van der Waals surface area contributed by atoms with Gasteiger partial charge >= 0.3 is 0 Å². The Hall–Kier alpha value is -1.67. The molecule has 0 aliphatic rings. The van der Waals surface area contributed by atoms with Gasteiger partial charge in [0.15, 0.2) is 5.82 Å². The number of hydrogen-bond acceptors (Lipinski definition) is 5. The largest absolute Gasteiger partial charge is 0.507 e. The number of carbonyl (C=O) groups is 1. The van der Waals surface area contributed by atoms with Gasteiger partial charge in [0, 0.05) is 0 Å². The zero-order chi connectivity index (χ0) is 14.7. The molecule has 1 heterocycles. The number of phenols is 1. The molecule has 0 saturated heterocycles. The summed E-state index contributed by atoms with van der Waals surface area (Å²) in [5.41, 5.74) is 0.0842. The van der Waals surface area contributed by atoms with E-state index in [0.29, 0.717) is 15.0 Å². The second-order valence-electron chi connectivity index (χ2n) is 3.67. The third kappa shape index (κ3) is 3.26. The second-order valence-corrected chi connectivity index (χ2v) is 5.23. The maximum absolute atomic E-state index is 12.1. The lowest BCUT2D eigenvalue weighted by Gasteiger charge is -2.08. The van der Waals surface area contributed by atoms with Gasteiger partial charge in [0.25, 0.3) is 5.91 Å². The molecule has 8 heteroatoms. The van der Waals surface area contributed by atoms with E-state index in [-0.39, 0.29) is 17.1 Å². The standard InChI is InChI=1S/C12H9Br2N3O3/c1-20-6-2-3-8(18)7(4-6)12(19)17-11-10(14)16-9(13)5-15-11/h2-5,18H,1H3,(H,15,17,19).